The minimum atomic E-state index is -1.16. The van der Waals surface area contributed by atoms with Crippen LogP contribution in [0.1, 0.15) is 31.2 Å². The van der Waals surface area contributed by atoms with Gasteiger partial charge in [-0.1, -0.05) is 19.9 Å². The van der Waals surface area contributed by atoms with E-state index in [0.29, 0.717) is 0 Å². The first-order valence-electron chi connectivity index (χ1n) is 6.78. The van der Waals surface area contributed by atoms with Gasteiger partial charge in [-0.15, -0.1) is 0 Å². The van der Waals surface area contributed by atoms with Crippen molar-refractivity contribution in [3.63, 3.8) is 0 Å². The molecule has 0 saturated carbocycles. The highest BCUT2D eigenvalue weighted by Gasteiger charge is 2.34. The van der Waals surface area contributed by atoms with Crippen LogP contribution in [0.4, 0.5) is 13.6 Å². The van der Waals surface area contributed by atoms with Gasteiger partial charge in [-0.3, -0.25) is 4.98 Å². The number of halogens is 2. The largest absolute Gasteiger partial charge is 0.410 e. The molecule has 1 heterocycles. The Bertz CT molecular complexity index is 718. The van der Waals surface area contributed by atoms with E-state index in [1.807, 2.05) is 0 Å². The van der Waals surface area contributed by atoms with Crippen molar-refractivity contribution in [3.8, 4) is 5.75 Å². The lowest BCUT2D eigenvalue weighted by Crippen LogP contribution is -2.28. The van der Waals surface area contributed by atoms with Gasteiger partial charge in [0.2, 0.25) is 0 Å². The zero-order valence-corrected chi connectivity index (χ0v) is 12.6. The summed E-state index contributed by atoms with van der Waals surface area (Å²) in [6, 6.07) is 6.03. The number of nitrogens with two attached hydrogens (primary N) is 1. The number of aliphatic hydroxyl groups excluding tert-OH is 1. The van der Waals surface area contributed by atoms with E-state index in [2.05, 4.69) is 9.72 Å². The maximum Gasteiger partial charge on any atom is 0.410 e. The van der Waals surface area contributed by atoms with Crippen LogP contribution in [0.5, 0.6) is 5.75 Å². The number of aliphatic hydroxyl groups is 1. The Hall–Kier alpha value is -2.54. The Morgan fingerprint density at radius 3 is 2.52 bits per heavy atom. The van der Waals surface area contributed by atoms with Crippen LogP contribution >= 0.6 is 0 Å². The van der Waals surface area contributed by atoms with Crippen molar-refractivity contribution in [1.82, 2.24) is 4.98 Å². The lowest BCUT2D eigenvalue weighted by atomic mass is 9.77. The minimum Gasteiger partial charge on any atom is -0.409 e. The molecule has 3 N–H and O–H groups in total. The number of amides is 1. The number of rotatable bonds is 4. The predicted molar refractivity (Wildman–Crippen MR) is 78.8 cm³/mol. The summed E-state index contributed by atoms with van der Waals surface area (Å²) in [5.74, 6) is -1.32. The smallest absolute Gasteiger partial charge is 0.409 e. The molecule has 0 aliphatic rings. The number of hydrogen-bond donors (Lipinski definition) is 2. The molecular weight excluding hydrogens is 306 g/mol. The van der Waals surface area contributed by atoms with E-state index >= 15 is 0 Å². The lowest BCUT2D eigenvalue weighted by Gasteiger charge is -2.31. The van der Waals surface area contributed by atoms with Crippen molar-refractivity contribution in [3.05, 3.63) is 59.4 Å². The number of carbonyl (C=O) groups excluding carboxylic acids is 1. The predicted octanol–water partition coefficient (Wildman–Crippen LogP) is 2.83. The summed E-state index contributed by atoms with van der Waals surface area (Å²) < 4.78 is 31.7. The SMILES string of the molecule is CC(C)(c1ccc(F)cc1F)C(O)c1ccc(OC(N)=O)cn1. The molecule has 5 nitrogen and oxygen atoms in total. The van der Waals surface area contributed by atoms with Gasteiger partial charge in [0, 0.05) is 11.5 Å². The second-order valence-electron chi connectivity index (χ2n) is 5.59. The monoisotopic (exact) mass is 322 g/mol. The molecule has 0 aliphatic heterocycles. The van der Waals surface area contributed by atoms with Crippen LogP contribution in [-0.2, 0) is 5.41 Å². The van der Waals surface area contributed by atoms with Gasteiger partial charge in [-0.2, -0.15) is 0 Å². The average molecular weight is 322 g/mol. The molecule has 23 heavy (non-hydrogen) atoms. The van der Waals surface area contributed by atoms with E-state index < -0.39 is 29.2 Å². The van der Waals surface area contributed by atoms with Gasteiger partial charge in [-0.05, 0) is 23.8 Å². The number of benzene rings is 1. The van der Waals surface area contributed by atoms with E-state index in [1.54, 1.807) is 13.8 Å². The number of pyridine rings is 1. The molecule has 0 aliphatic carbocycles. The summed E-state index contributed by atoms with van der Waals surface area (Å²) in [5.41, 5.74) is 4.23. The molecule has 1 unspecified atom stereocenters. The van der Waals surface area contributed by atoms with Crippen LogP contribution in [-0.4, -0.2) is 16.2 Å². The Kier molecular flexibility index (Phi) is 4.60. The number of ether oxygens (including phenoxy) is 1. The van der Waals surface area contributed by atoms with Crippen LogP contribution in [0.25, 0.3) is 0 Å². The molecule has 0 bridgehead atoms. The van der Waals surface area contributed by atoms with E-state index in [1.165, 1.54) is 24.4 Å². The van der Waals surface area contributed by atoms with Crippen LogP contribution < -0.4 is 10.5 Å². The zero-order valence-electron chi connectivity index (χ0n) is 12.6. The van der Waals surface area contributed by atoms with E-state index in [-0.39, 0.29) is 17.0 Å². The first-order valence-corrected chi connectivity index (χ1v) is 6.78. The highest BCUT2D eigenvalue weighted by Crippen LogP contribution is 2.37. The molecule has 0 radical (unpaired) electrons. The Labute approximate surface area is 131 Å². The fraction of sp³-hybridized carbons (Fsp3) is 0.250. The highest BCUT2D eigenvalue weighted by atomic mass is 19.1. The van der Waals surface area contributed by atoms with Crippen molar-refractivity contribution in [1.29, 1.82) is 0 Å². The third kappa shape index (κ3) is 3.62. The third-order valence-electron chi connectivity index (χ3n) is 3.57. The van der Waals surface area contributed by atoms with E-state index in [4.69, 9.17) is 5.73 Å². The molecule has 7 heteroatoms. The topological polar surface area (TPSA) is 85.4 Å². The quantitative estimate of drug-likeness (QED) is 0.906. The Morgan fingerprint density at radius 2 is 2.00 bits per heavy atom. The van der Waals surface area contributed by atoms with Gasteiger partial charge in [0.25, 0.3) is 0 Å². The van der Waals surface area contributed by atoms with Gasteiger partial charge in [-0.25, -0.2) is 13.6 Å². The maximum absolute atomic E-state index is 14.0. The second-order valence-corrected chi connectivity index (χ2v) is 5.59. The highest BCUT2D eigenvalue weighted by molar-refractivity contribution is 5.67. The number of carbonyl (C=O) groups is 1. The molecule has 1 amide bonds. The first-order chi connectivity index (χ1) is 10.7. The van der Waals surface area contributed by atoms with E-state index in [9.17, 15) is 18.7 Å². The lowest BCUT2D eigenvalue weighted by molar-refractivity contribution is 0.0938. The molecule has 1 atom stereocenters. The number of hydrogen-bond acceptors (Lipinski definition) is 4. The summed E-state index contributed by atoms with van der Waals surface area (Å²) in [5, 5.41) is 10.5. The second kappa shape index (κ2) is 6.29. The third-order valence-corrected chi connectivity index (χ3v) is 3.57. The molecule has 0 spiro atoms. The molecular formula is C16H16F2N2O3. The van der Waals surface area contributed by atoms with Crippen molar-refractivity contribution in [2.75, 3.05) is 0 Å². The van der Waals surface area contributed by atoms with Gasteiger partial charge in [0.1, 0.15) is 17.7 Å². The van der Waals surface area contributed by atoms with Crippen LogP contribution in [0.15, 0.2) is 36.5 Å². The Balaban J connectivity index is 2.30. The normalized spacial score (nSPS) is 12.7. The van der Waals surface area contributed by atoms with Crippen molar-refractivity contribution in [2.45, 2.75) is 25.4 Å². The molecule has 1 aromatic carbocycles. The van der Waals surface area contributed by atoms with Crippen molar-refractivity contribution < 1.29 is 23.4 Å². The summed E-state index contributed by atoms with van der Waals surface area (Å²) in [6.07, 6.45) is -0.917. The van der Waals surface area contributed by atoms with Gasteiger partial charge >= 0.3 is 6.09 Å². The standard InChI is InChI=1S/C16H16F2N2O3/c1-16(2,11-5-3-9(17)7-12(11)18)14(21)13-6-4-10(8-20-13)23-15(19)22/h3-8,14,21H,1-2H3,(H2,19,22). The number of nitrogens with zero attached hydrogens (tertiary/aromatic N) is 1. The minimum absolute atomic E-state index is 0.124. The molecule has 0 saturated heterocycles. The van der Waals surface area contributed by atoms with Crippen molar-refractivity contribution >= 4 is 6.09 Å². The zero-order chi connectivity index (χ0) is 17.2. The molecule has 0 fully saturated rings. The van der Waals surface area contributed by atoms with Crippen LogP contribution in [0, 0.1) is 11.6 Å². The Morgan fingerprint density at radius 1 is 1.30 bits per heavy atom. The van der Waals surface area contributed by atoms with E-state index in [0.717, 1.165) is 12.1 Å². The molecule has 2 aromatic rings. The summed E-state index contributed by atoms with van der Waals surface area (Å²) in [7, 11) is 0. The van der Waals surface area contributed by atoms with Crippen LogP contribution in [0.3, 0.4) is 0 Å². The molecule has 2 rings (SSSR count). The summed E-state index contributed by atoms with van der Waals surface area (Å²) in [6.45, 7) is 3.23. The molecule has 122 valence electrons. The van der Waals surface area contributed by atoms with Crippen LogP contribution in [0.2, 0.25) is 0 Å². The van der Waals surface area contributed by atoms with Gasteiger partial charge < -0.3 is 15.6 Å². The maximum atomic E-state index is 14.0. The molecule has 1 aromatic heterocycles. The van der Waals surface area contributed by atoms with Gasteiger partial charge in [0.05, 0.1) is 11.9 Å². The fourth-order valence-electron chi connectivity index (χ4n) is 2.26. The average Bonchev–Trinajstić information content (AvgIpc) is 2.46. The summed E-state index contributed by atoms with van der Waals surface area (Å²) >= 11 is 0. The number of aromatic nitrogens is 1. The fourth-order valence-corrected chi connectivity index (χ4v) is 2.26. The van der Waals surface area contributed by atoms with Gasteiger partial charge in [0.15, 0.2) is 5.75 Å². The first kappa shape index (κ1) is 16.8. The van der Waals surface area contributed by atoms with Crippen molar-refractivity contribution in [2.24, 2.45) is 5.73 Å². The number of primary amides is 1. The summed E-state index contributed by atoms with van der Waals surface area (Å²) in [4.78, 5) is 14.6.